The zero-order chi connectivity index (χ0) is 9.42. The number of carbonyl (C=O) groups is 1. The molecule has 0 N–H and O–H groups in total. The fourth-order valence-electron chi connectivity index (χ4n) is 1.39. The first-order valence-electron chi connectivity index (χ1n) is 4.49. The Labute approximate surface area is 77.4 Å². The molecule has 13 heavy (non-hydrogen) atoms. The number of benzene rings is 1. The van der Waals surface area contributed by atoms with E-state index in [4.69, 9.17) is 0 Å². The minimum absolute atomic E-state index is 0.0301. The van der Waals surface area contributed by atoms with Crippen molar-refractivity contribution in [3.8, 4) is 0 Å². The van der Waals surface area contributed by atoms with Gasteiger partial charge in [0.15, 0.2) is 5.78 Å². The van der Waals surface area contributed by atoms with Gasteiger partial charge in [-0.3, -0.25) is 4.79 Å². The summed E-state index contributed by atoms with van der Waals surface area (Å²) in [5, 5.41) is 0. The van der Waals surface area contributed by atoms with Crippen LogP contribution < -0.4 is 5.46 Å². The molecule has 1 aliphatic rings. The van der Waals surface area contributed by atoms with E-state index >= 15 is 0 Å². The second kappa shape index (κ2) is 2.98. The number of hydrogen-bond donors (Lipinski definition) is 0. The molecule has 0 heterocycles. The molecule has 1 aromatic rings. The van der Waals surface area contributed by atoms with Gasteiger partial charge in [-0.15, -0.1) is 0 Å². The van der Waals surface area contributed by atoms with Crippen LogP contribution in [0.25, 0.3) is 0 Å². The van der Waals surface area contributed by atoms with Crippen LogP contribution in [0, 0.1) is 11.7 Å². The van der Waals surface area contributed by atoms with Crippen molar-refractivity contribution in [2.75, 3.05) is 0 Å². The van der Waals surface area contributed by atoms with E-state index in [1.54, 1.807) is 12.1 Å². The highest BCUT2D eigenvalue weighted by molar-refractivity contribution is 6.32. The van der Waals surface area contributed by atoms with Gasteiger partial charge in [-0.25, -0.2) is 4.39 Å². The third-order valence-electron chi connectivity index (χ3n) is 2.34. The van der Waals surface area contributed by atoms with E-state index < -0.39 is 0 Å². The first-order chi connectivity index (χ1) is 6.18. The van der Waals surface area contributed by atoms with Crippen molar-refractivity contribution in [1.82, 2.24) is 0 Å². The molecule has 0 spiro atoms. The maximum Gasteiger partial charge on any atom is 0.168 e. The fourth-order valence-corrected chi connectivity index (χ4v) is 1.39. The van der Waals surface area contributed by atoms with Crippen LogP contribution in [0.4, 0.5) is 4.39 Å². The Balaban J connectivity index is 2.33. The van der Waals surface area contributed by atoms with Crippen molar-refractivity contribution in [1.29, 1.82) is 0 Å². The molecule has 2 rings (SSSR count). The van der Waals surface area contributed by atoms with Crippen molar-refractivity contribution in [3.63, 3.8) is 0 Å². The van der Waals surface area contributed by atoms with E-state index in [1.807, 2.05) is 7.85 Å². The average Bonchev–Trinajstić information content (AvgIpc) is 2.85. The molecule has 0 radical (unpaired) electrons. The lowest BCUT2D eigenvalue weighted by Gasteiger charge is -2.01. The van der Waals surface area contributed by atoms with Gasteiger partial charge >= 0.3 is 0 Å². The van der Waals surface area contributed by atoms with Crippen LogP contribution in [0.3, 0.4) is 0 Å². The molecule has 0 unspecified atom stereocenters. The standard InChI is InChI=1S/C10H10BFO/c11-7-3-4-8(9(12)5-7)10(13)6-1-2-6/h3-6H,1-2,11H2. The van der Waals surface area contributed by atoms with Crippen molar-refractivity contribution in [2.45, 2.75) is 12.8 Å². The highest BCUT2D eigenvalue weighted by Gasteiger charge is 2.31. The summed E-state index contributed by atoms with van der Waals surface area (Å²) in [4.78, 5) is 11.5. The summed E-state index contributed by atoms with van der Waals surface area (Å²) in [6, 6.07) is 4.78. The van der Waals surface area contributed by atoms with Crippen LogP contribution in [-0.2, 0) is 0 Å². The lowest BCUT2D eigenvalue weighted by molar-refractivity contribution is 0.0964. The molecule has 66 valence electrons. The number of hydrogen-bond acceptors (Lipinski definition) is 1. The molecule has 0 aliphatic heterocycles. The van der Waals surface area contributed by atoms with Crippen LogP contribution >= 0.6 is 0 Å². The van der Waals surface area contributed by atoms with Crippen LogP contribution in [-0.4, -0.2) is 13.6 Å². The Kier molecular flexibility index (Phi) is 1.95. The molecule has 0 saturated heterocycles. The van der Waals surface area contributed by atoms with E-state index in [9.17, 15) is 9.18 Å². The van der Waals surface area contributed by atoms with Gasteiger partial charge in [-0.2, -0.15) is 0 Å². The summed E-state index contributed by atoms with van der Waals surface area (Å²) in [6.07, 6.45) is 1.85. The summed E-state index contributed by atoms with van der Waals surface area (Å²) in [5.41, 5.74) is 1.11. The topological polar surface area (TPSA) is 17.1 Å². The van der Waals surface area contributed by atoms with Crippen LogP contribution in [0.15, 0.2) is 18.2 Å². The summed E-state index contributed by atoms with van der Waals surface area (Å²) in [6.45, 7) is 0. The number of carbonyl (C=O) groups excluding carboxylic acids is 1. The van der Waals surface area contributed by atoms with Crippen molar-refractivity contribution >= 4 is 19.1 Å². The van der Waals surface area contributed by atoms with E-state index in [0.29, 0.717) is 0 Å². The summed E-state index contributed by atoms with van der Waals surface area (Å²) in [5.74, 6) is -0.313. The maximum absolute atomic E-state index is 13.3. The van der Waals surface area contributed by atoms with Gasteiger partial charge < -0.3 is 0 Å². The molecule has 0 bridgehead atoms. The highest BCUT2D eigenvalue weighted by Crippen LogP contribution is 2.32. The third kappa shape index (κ3) is 1.64. The minimum atomic E-state index is -0.378. The molecule has 1 nitrogen and oxygen atoms in total. The lowest BCUT2D eigenvalue weighted by atomic mass is 9.93. The predicted octanol–water partition coefficient (Wildman–Crippen LogP) is 0.677. The fraction of sp³-hybridized carbons (Fsp3) is 0.300. The molecule has 0 aromatic heterocycles. The van der Waals surface area contributed by atoms with Crippen molar-refractivity contribution in [3.05, 3.63) is 29.6 Å². The molecule has 1 aromatic carbocycles. The zero-order valence-electron chi connectivity index (χ0n) is 7.51. The number of rotatable bonds is 2. The first kappa shape index (κ1) is 8.48. The van der Waals surface area contributed by atoms with Gasteiger partial charge in [0.25, 0.3) is 0 Å². The van der Waals surface area contributed by atoms with Crippen molar-refractivity contribution < 1.29 is 9.18 Å². The van der Waals surface area contributed by atoms with Gasteiger partial charge in [0.2, 0.25) is 0 Å². The molecule has 1 fully saturated rings. The Hall–Kier alpha value is -1.12. The summed E-state index contributed by atoms with van der Waals surface area (Å²) < 4.78 is 13.3. The number of ketones is 1. The molecular formula is C10H10BFO. The Morgan fingerprint density at radius 2 is 2.15 bits per heavy atom. The second-order valence-corrected chi connectivity index (χ2v) is 3.62. The maximum atomic E-state index is 13.3. The smallest absolute Gasteiger partial charge is 0.168 e. The van der Waals surface area contributed by atoms with E-state index in [-0.39, 0.29) is 23.1 Å². The van der Waals surface area contributed by atoms with Gasteiger partial charge in [0.05, 0.1) is 5.56 Å². The quantitative estimate of drug-likeness (QED) is 0.478. The number of halogens is 1. The van der Waals surface area contributed by atoms with Gasteiger partial charge in [-0.05, 0) is 25.0 Å². The molecular weight excluding hydrogens is 166 g/mol. The van der Waals surface area contributed by atoms with E-state index in [2.05, 4.69) is 0 Å². The second-order valence-electron chi connectivity index (χ2n) is 3.62. The molecule has 0 atom stereocenters. The summed E-state index contributed by atoms with van der Waals surface area (Å²) in [7, 11) is 1.81. The van der Waals surface area contributed by atoms with Gasteiger partial charge in [-0.1, -0.05) is 11.5 Å². The highest BCUT2D eigenvalue weighted by atomic mass is 19.1. The monoisotopic (exact) mass is 176 g/mol. The Bertz CT molecular complexity index is 358. The number of Topliss-reactive ketones (excluding diaryl/α,β-unsaturated/α-hetero) is 1. The van der Waals surface area contributed by atoms with Crippen LogP contribution in [0.2, 0.25) is 0 Å². The molecule has 0 amide bonds. The summed E-state index contributed by atoms with van der Waals surface area (Å²) >= 11 is 0. The lowest BCUT2D eigenvalue weighted by Crippen LogP contribution is -2.09. The molecule has 3 heteroatoms. The van der Waals surface area contributed by atoms with Gasteiger partial charge in [0, 0.05) is 5.92 Å². The van der Waals surface area contributed by atoms with E-state index in [1.165, 1.54) is 6.07 Å². The van der Waals surface area contributed by atoms with Crippen LogP contribution in [0.1, 0.15) is 23.2 Å². The van der Waals surface area contributed by atoms with E-state index in [0.717, 1.165) is 18.3 Å². The molecule has 1 saturated carbocycles. The zero-order valence-corrected chi connectivity index (χ0v) is 7.51. The predicted molar refractivity (Wildman–Crippen MR) is 51.6 cm³/mol. The minimum Gasteiger partial charge on any atom is -0.294 e. The van der Waals surface area contributed by atoms with Crippen molar-refractivity contribution in [2.24, 2.45) is 5.92 Å². The Morgan fingerprint density at radius 1 is 1.46 bits per heavy atom. The normalized spacial score (nSPS) is 15.8. The average molecular weight is 176 g/mol. The SMILES string of the molecule is Bc1ccc(C(=O)C2CC2)c(F)c1. The Morgan fingerprint density at radius 3 is 2.69 bits per heavy atom. The molecule has 1 aliphatic carbocycles. The third-order valence-corrected chi connectivity index (χ3v) is 2.34. The first-order valence-corrected chi connectivity index (χ1v) is 4.49. The largest absolute Gasteiger partial charge is 0.294 e. The van der Waals surface area contributed by atoms with Gasteiger partial charge in [0.1, 0.15) is 13.7 Å². The van der Waals surface area contributed by atoms with Crippen LogP contribution in [0.5, 0.6) is 0 Å².